The Kier molecular flexibility index (Phi) is 6.96. The van der Waals surface area contributed by atoms with Gasteiger partial charge in [-0.05, 0) is 43.9 Å². The highest BCUT2D eigenvalue weighted by molar-refractivity contribution is 5.26. The fourth-order valence-corrected chi connectivity index (χ4v) is 3.39. The Morgan fingerprint density at radius 3 is 2.50 bits per heavy atom. The maximum absolute atomic E-state index is 10.1. The monoisotopic (exact) mass is 396 g/mol. The molecule has 5 atom stereocenters. The van der Waals surface area contributed by atoms with E-state index in [1.165, 1.54) is 0 Å². The number of rotatable bonds is 9. The predicted octanol–water partition coefficient (Wildman–Crippen LogP) is 2.23. The van der Waals surface area contributed by atoms with Gasteiger partial charge in [0.15, 0.2) is 12.1 Å². The molecule has 2 aliphatic rings. The quantitative estimate of drug-likeness (QED) is 0.662. The van der Waals surface area contributed by atoms with Gasteiger partial charge in [-0.2, -0.15) is 0 Å². The Balaban J connectivity index is 1.58. The standard InChI is InChI=1S/C21H32O7/c1-13(2)9-10-24-15-7-5-14(6-8-15)12-25-18-17(16(23)11-22)26-20-19(18)27-21(3,4)28-20/h5-8,13,16-20,22-23H,9-12H2,1-4H3/t16-,17+,18-,19+,20+/m1/s1. The van der Waals surface area contributed by atoms with E-state index in [9.17, 15) is 10.2 Å². The van der Waals surface area contributed by atoms with Crippen molar-refractivity contribution in [1.29, 1.82) is 0 Å². The van der Waals surface area contributed by atoms with Crippen molar-refractivity contribution in [1.82, 2.24) is 0 Å². The maximum atomic E-state index is 10.1. The summed E-state index contributed by atoms with van der Waals surface area (Å²) in [5.74, 6) is 0.664. The van der Waals surface area contributed by atoms with Gasteiger partial charge in [0.2, 0.25) is 0 Å². The number of aliphatic hydroxyl groups excluding tert-OH is 2. The van der Waals surface area contributed by atoms with Gasteiger partial charge in [0.1, 0.15) is 30.2 Å². The van der Waals surface area contributed by atoms with Crippen LogP contribution < -0.4 is 4.74 Å². The van der Waals surface area contributed by atoms with E-state index in [2.05, 4.69) is 13.8 Å². The molecular formula is C21H32O7. The van der Waals surface area contributed by atoms with Gasteiger partial charge >= 0.3 is 0 Å². The number of aliphatic hydroxyl groups is 2. The number of hydrogen-bond acceptors (Lipinski definition) is 7. The molecule has 2 N–H and O–H groups in total. The van der Waals surface area contributed by atoms with E-state index in [1.807, 2.05) is 24.3 Å². The molecule has 2 saturated heterocycles. The van der Waals surface area contributed by atoms with Crippen LogP contribution in [0.5, 0.6) is 5.75 Å². The fraction of sp³-hybridized carbons (Fsp3) is 0.714. The summed E-state index contributed by atoms with van der Waals surface area (Å²) in [6, 6.07) is 7.74. The molecule has 0 saturated carbocycles. The second-order valence-electron chi connectivity index (χ2n) is 8.27. The summed E-state index contributed by atoms with van der Waals surface area (Å²) in [7, 11) is 0. The van der Waals surface area contributed by atoms with E-state index in [0.29, 0.717) is 19.1 Å². The van der Waals surface area contributed by atoms with E-state index in [0.717, 1.165) is 17.7 Å². The Morgan fingerprint density at radius 2 is 1.86 bits per heavy atom. The first-order chi connectivity index (χ1) is 13.3. The Hall–Kier alpha value is -1.22. The lowest BCUT2D eigenvalue weighted by Crippen LogP contribution is -2.44. The number of ether oxygens (including phenoxy) is 5. The molecule has 7 heteroatoms. The summed E-state index contributed by atoms with van der Waals surface area (Å²) < 4.78 is 29.1. The summed E-state index contributed by atoms with van der Waals surface area (Å²) in [5, 5.41) is 19.4. The topological polar surface area (TPSA) is 86.6 Å². The van der Waals surface area contributed by atoms with Crippen molar-refractivity contribution in [2.75, 3.05) is 13.2 Å². The maximum Gasteiger partial charge on any atom is 0.190 e. The van der Waals surface area contributed by atoms with E-state index in [-0.39, 0.29) is 0 Å². The molecule has 0 spiro atoms. The second kappa shape index (κ2) is 9.07. The molecule has 2 fully saturated rings. The van der Waals surface area contributed by atoms with Crippen LogP contribution in [0.25, 0.3) is 0 Å². The fourth-order valence-electron chi connectivity index (χ4n) is 3.39. The number of hydrogen-bond donors (Lipinski definition) is 2. The van der Waals surface area contributed by atoms with E-state index in [1.54, 1.807) is 13.8 Å². The van der Waals surface area contributed by atoms with Gasteiger partial charge in [-0.25, -0.2) is 0 Å². The molecule has 2 aliphatic heterocycles. The van der Waals surface area contributed by atoms with Crippen molar-refractivity contribution in [3.63, 3.8) is 0 Å². The second-order valence-corrected chi connectivity index (χ2v) is 8.27. The lowest BCUT2D eigenvalue weighted by Gasteiger charge is -2.28. The van der Waals surface area contributed by atoms with Crippen LogP contribution in [0.4, 0.5) is 0 Å². The molecule has 0 unspecified atom stereocenters. The first-order valence-electron chi connectivity index (χ1n) is 9.92. The SMILES string of the molecule is CC(C)CCOc1ccc(CO[C@H]2[C@@H]3OC(C)(C)O[C@@H]3O[C@H]2[C@H](O)CO)cc1. The Morgan fingerprint density at radius 1 is 1.14 bits per heavy atom. The molecule has 7 nitrogen and oxygen atoms in total. The van der Waals surface area contributed by atoms with Crippen LogP contribution in [0, 0.1) is 5.92 Å². The molecule has 28 heavy (non-hydrogen) atoms. The van der Waals surface area contributed by atoms with Gasteiger partial charge in [-0.3, -0.25) is 0 Å². The van der Waals surface area contributed by atoms with Gasteiger partial charge in [0.05, 0.1) is 19.8 Å². The lowest BCUT2D eigenvalue weighted by atomic mass is 10.1. The third-order valence-corrected chi connectivity index (χ3v) is 4.92. The highest BCUT2D eigenvalue weighted by atomic mass is 16.8. The highest BCUT2D eigenvalue weighted by Crippen LogP contribution is 2.39. The van der Waals surface area contributed by atoms with Crippen LogP contribution in [-0.2, 0) is 25.6 Å². The van der Waals surface area contributed by atoms with Crippen molar-refractivity contribution < 1.29 is 33.9 Å². The first kappa shape index (κ1) is 21.5. The summed E-state index contributed by atoms with van der Waals surface area (Å²) in [5.41, 5.74) is 0.968. The molecule has 158 valence electrons. The van der Waals surface area contributed by atoms with Gasteiger partial charge in [0, 0.05) is 0 Å². The van der Waals surface area contributed by atoms with Crippen molar-refractivity contribution in [3.8, 4) is 5.75 Å². The summed E-state index contributed by atoms with van der Waals surface area (Å²) in [4.78, 5) is 0. The van der Waals surface area contributed by atoms with Crippen LogP contribution in [0.3, 0.4) is 0 Å². The van der Waals surface area contributed by atoms with Crippen LogP contribution in [0.1, 0.15) is 39.7 Å². The van der Waals surface area contributed by atoms with E-state index >= 15 is 0 Å². The van der Waals surface area contributed by atoms with Gasteiger partial charge in [-0.15, -0.1) is 0 Å². The summed E-state index contributed by atoms with van der Waals surface area (Å²) in [6.45, 7) is 8.55. The van der Waals surface area contributed by atoms with Crippen LogP contribution >= 0.6 is 0 Å². The molecule has 0 radical (unpaired) electrons. The molecule has 2 heterocycles. The largest absolute Gasteiger partial charge is 0.494 e. The third kappa shape index (κ3) is 5.23. The zero-order chi connectivity index (χ0) is 20.3. The molecule has 3 rings (SSSR count). The van der Waals surface area contributed by atoms with Crippen LogP contribution in [0.2, 0.25) is 0 Å². The van der Waals surface area contributed by atoms with Crippen LogP contribution in [-0.4, -0.2) is 59.9 Å². The lowest BCUT2D eigenvalue weighted by molar-refractivity contribution is -0.232. The molecule has 0 aromatic heterocycles. The molecule has 0 aliphatic carbocycles. The van der Waals surface area contributed by atoms with Gasteiger partial charge in [-0.1, -0.05) is 26.0 Å². The first-order valence-corrected chi connectivity index (χ1v) is 9.92. The Labute approximate surface area is 166 Å². The summed E-state index contributed by atoms with van der Waals surface area (Å²) >= 11 is 0. The van der Waals surface area contributed by atoms with Crippen molar-refractivity contribution in [2.24, 2.45) is 5.92 Å². The third-order valence-electron chi connectivity index (χ3n) is 4.92. The van der Waals surface area contributed by atoms with Gasteiger partial charge in [0.25, 0.3) is 0 Å². The van der Waals surface area contributed by atoms with E-state index < -0.39 is 43.1 Å². The molecule has 0 amide bonds. The zero-order valence-corrected chi connectivity index (χ0v) is 17.0. The molecular weight excluding hydrogens is 364 g/mol. The average Bonchev–Trinajstić information content (AvgIpc) is 3.12. The average molecular weight is 396 g/mol. The molecule has 1 aromatic carbocycles. The minimum Gasteiger partial charge on any atom is -0.494 e. The molecule has 1 aromatic rings. The van der Waals surface area contributed by atoms with Crippen molar-refractivity contribution >= 4 is 0 Å². The molecule has 0 bridgehead atoms. The smallest absolute Gasteiger partial charge is 0.190 e. The predicted molar refractivity (Wildman–Crippen MR) is 102 cm³/mol. The van der Waals surface area contributed by atoms with Crippen molar-refractivity contribution in [3.05, 3.63) is 29.8 Å². The summed E-state index contributed by atoms with van der Waals surface area (Å²) in [6.07, 6.45) is -2.39. The highest BCUT2D eigenvalue weighted by Gasteiger charge is 2.56. The minimum atomic E-state index is -1.07. The van der Waals surface area contributed by atoms with Crippen molar-refractivity contribution in [2.45, 2.75) is 77.2 Å². The van der Waals surface area contributed by atoms with E-state index in [4.69, 9.17) is 23.7 Å². The number of fused-ring (bicyclic) bond motifs is 1. The minimum absolute atomic E-state index is 0.321. The van der Waals surface area contributed by atoms with Gasteiger partial charge < -0.3 is 33.9 Å². The Bertz CT molecular complexity index is 616. The zero-order valence-electron chi connectivity index (χ0n) is 17.0. The number of benzene rings is 1. The van der Waals surface area contributed by atoms with Crippen LogP contribution in [0.15, 0.2) is 24.3 Å². The normalized spacial score (nSPS) is 29.8.